The monoisotopic (exact) mass is 299 g/mol. The minimum absolute atomic E-state index is 0.236. The smallest absolute Gasteiger partial charge is 0.305 e. The molecular formula is C17H14ClNO2. The van der Waals surface area contributed by atoms with Crippen LogP contribution < -0.4 is 0 Å². The molecule has 1 heterocycles. The number of rotatable bonds is 3. The summed E-state index contributed by atoms with van der Waals surface area (Å²) in [5.74, 6) is -0.236. The minimum Gasteiger partial charge on any atom is -0.469 e. The Morgan fingerprint density at radius 1 is 1.14 bits per heavy atom. The van der Waals surface area contributed by atoms with E-state index in [-0.39, 0.29) is 5.97 Å². The van der Waals surface area contributed by atoms with Gasteiger partial charge in [0.25, 0.3) is 0 Å². The Bertz CT molecular complexity index is 829. The molecular weight excluding hydrogens is 286 g/mol. The number of halogens is 1. The lowest BCUT2D eigenvalue weighted by Crippen LogP contribution is -2.03. The quantitative estimate of drug-likeness (QED) is 0.539. The number of benzene rings is 2. The summed E-state index contributed by atoms with van der Waals surface area (Å²) >= 11 is 6.11. The number of aromatic nitrogens is 1. The van der Waals surface area contributed by atoms with Crippen molar-refractivity contribution < 1.29 is 9.53 Å². The zero-order valence-electron chi connectivity index (χ0n) is 11.6. The predicted octanol–water partition coefficient (Wildman–Crippen LogP) is 4.15. The molecule has 3 rings (SSSR count). The van der Waals surface area contributed by atoms with Crippen LogP contribution in [0.25, 0.3) is 21.7 Å². The van der Waals surface area contributed by atoms with Gasteiger partial charge in [0.05, 0.1) is 19.0 Å². The highest BCUT2D eigenvalue weighted by Gasteiger charge is 2.10. The fourth-order valence-corrected chi connectivity index (χ4v) is 2.68. The van der Waals surface area contributed by atoms with Gasteiger partial charge in [-0.3, -0.25) is 9.78 Å². The first kappa shape index (κ1) is 13.8. The number of fused-ring (bicyclic) bond motifs is 3. The van der Waals surface area contributed by atoms with E-state index < -0.39 is 0 Å². The van der Waals surface area contributed by atoms with E-state index in [1.807, 2.05) is 42.5 Å². The zero-order valence-corrected chi connectivity index (χ0v) is 12.4. The summed E-state index contributed by atoms with van der Waals surface area (Å²) in [5.41, 5.74) is 1.80. The number of para-hydroxylation sites is 1. The number of carbonyl (C=O) groups is 1. The summed E-state index contributed by atoms with van der Waals surface area (Å²) in [6, 6.07) is 13.8. The van der Waals surface area contributed by atoms with Crippen LogP contribution in [0.5, 0.6) is 0 Å². The van der Waals surface area contributed by atoms with E-state index in [9.17, 15) is 4.79 Å². The van der Waals surface area contributed by atoms with Crippen LogP contribution in [0.15, 0.2) is 42.5 Å². The lowest BCUT2D eigenvalue weighted by atomic mass is 10.0. The third-order valence-corrected chi connectivity index (χ3v) is 3.77. The van der Waals surface area contributed by atoms with E-state index in [4.69, 9.17) is 16.3 Å². The van der Waals surface area contributed by atoms with Gasteiger partial charge in [0.2, 0.25) is 0 Å². The maximum absolute atomic E-state index is 11.4. The number of aryl methyl sites for hydroxylation is 1. The average molecular weight is 300 g/mol. The molecule has 0 radical (unpaired) electrons. The van der Waals surface area contributed by atoms with Crippen LogP contribution in [0.2, 0.25) is 5.02 Å². The van der Waals surface area contributed by atoms with Crippen molar-refractivity contribution in [2.75, 3.05) is 7.11 Å². The van der Waals surface area contributed by atoms with Gasteiger partial charge < -0.3 is 4.74 Å². The zero-order chi connectivity index (χ0) is 14.8. The Kier molecular flexibility index (Phi) is 3.76. The first-order valence-corrected chi connectivity index (χ1v) is 7.10. The Hall–Kier alpha value is -2.13. The number of esters is 1. The maximum Gasteiger partial charge on any atom is 0.305 e. The van der Waals surface area contributed by atoms with Gasteiger partial charge in [0.15, 0.2) is 0 Å². The molecule has 0 saturated carbocycles. The first-order chi connectivity index (χ1) is 10.2. The maximum atomic E-state index is 11.4. The van der Waals surface area contributed by atoms with Gasteiger partial charge in [-0.15, -0.1) is 0 Å². The Morgan fingerprint density at radius 2 is 1.95 bits per heavy atom. The lowest BCUT2D eigenvalue weighted by Gasteiger charge is -2.09. The van der Waals surface area contributed by atoms with Gasteiger partial charge in [-0.2, -0.15) is 0 Å². The standard InChI is InChI=1S/C17H14ClNO2/c1-21-17(20)9-8-16-14-10-11(18)6-7-12(14)13-4-2-3-5-15(13)19-16/h2-7,10H,8-9H2,1H3. The van der Waals surface area contributed by atoms with Crippen molar-refractivity contribution in [3.05, 3.63) is 53.2 Å². The molecule has 1 aromatic heterocycles. The summed E-state index contributed by atoms with van der Waals surface area (Å²) < 4.78 is 4.70. The van der Waals surface area contributed by atoms with Crippen molar-refractivity contribution in [3.8, 4) is 0 Å². The molecule has 0 fully saturated rings. The molecule has 0 amide bonds. The summed E-state index contributed by atoms with van der Waals surface area (Å²) in [5, 5.41) is 3.85. The molecule has 21 heavy (non-hydrogen) atoms. The summed E-state index contributed by atoms with van der Waals surface area (Å²) in [6.45, 7) is 0. The number of pyridine rings is 1. The molecule has 0 bridgehead atoms. The van der Waals surface area contributed by atoms with Gasteiger partial charge in [-0.05, 0) is 23.6 Å². The molecule has 0 saturated heterocycles. The SMILES string of the molecule is COC(=O)CCc1nc2ccccc2c2ccc(Cl)cc12. The average Bonchev–Trinajstić information content (AvgIpc) is 2.52. The van der Waals surface area contributed by atoms with Crippen molar-refractivity contribution in [2.45, 2.75) is 12.8 Å². The fraction of sp³-hybridized carbons (Fsp3) is 0.176. The molecule has 0 aliphatic heterocycles. The number of ether oxygens (including phenoxy) is 1. The molecule has 0 aliphatic carbocycles. The molecule has 0 unspecified atom stereocenters. The molecule has 0 spiro atoms. The van der Waals surface area contributed by atoms with Crippen LogP contribution in [0.4, 0.5) is 0 Å². The van der Waals surface area contributed by atoms with Crippen LogP contribution in [-0.4, -0.2) is 18.1 Å². The third-order valence-electron chi connectivity index (χ3n) is 3.54. The summed E-state index contributed by atoms with van der Waals surface area (Å²) in [4.78, 5) is 16.1. The van der Waals surface area contributed by atoms with Gasteiger partial charge in [0.1, 0.15) is 0 Å². The molecule has 0 aliphatic rings. The van der Waals surface area contributed by atoms with Crippen LogP contribution >= 0.6 is 11.6 Å². The predicted molar refractivity (Wildman–Crippen MR) is 84.6 cm³/mol. The number of methoxy groups -OCH3 is 1. The van der Waals surface area contributed by atoms with Crippen LogP contribution in [0, 0.1) is 0 Å². The second-order valence-electron chi connectivity index (χ2n) is 4.84. The van der Waals surface area contributed by atoms with Crippen molar-refractivity contribution in [3.63, 3.8) is 0 Å². The van der Waals surface area contributed by atoms with Gasteiger partial charge in [0, 0.05) is 27.9 Å². The number of carbonyl (C=O) groups excluding carboxylic acids is 1. The van der Waals surface area contributed by atoms with Gasteiger partial charge in [-0.1, -0.05) is 35.9 Å². The molecule has 0 N–H and O–H groups in total. The van der Waals surface area contributed by atoms with Crippen molar-refractivity contribution >= 4 is 39.2 Å². The second kappa shape index (κ2) is 5.70. The molecule has 4 heteroatoms. The van der Waals surface area contributed by atoms with Gasteiger partial charge >= 0.3 is 5.97 Å². The Labute approximate surface area is 127 Å². The normalized spacial score (nSPS) is 11.0. The van der Waals surface area contributed by atoms with E-state index in [1.54, 1.807) is 0 Å². The highest BCUT2D eigenvalue weighted by Crippen LogP contribution is 2.29. The van der Waals surface area contributed by atoms with Gasteiger partial charge in [-0.25, -0.2) is 0 Å². The molecule has 3 aromatic rings. The van der Waals surface area contributed by atoms with E-state index in [0.717, 1.165) is 27.4 Å². The van der Waals surface area contributed by atoms with E-state index in [1.165, 1.54) is 7.11 Å². The fourth-order valence-electron chi connectivity index (χ4n) is 2.51. The molecule has 0 atom stereocenters. The highest BCUT2D eigenvalue weighted by molar-refractivity contribution is 6.31. The summed E-state index contributed by atoms with van der Waals surface area (Å²) in [7, 11) is 1.39. The van der Waals surface area contributed by atoms with E-state index >= 15 is 0 Å². The topological polar surface area (TPSA) is 39.2 Å². The van der Waals surface area contributed by atoms with E-state index in [0.29, 0.717) is 17.9 Å². The van der Waals surface area contributed by atoms with Crippen LogP contribution in [0.1, 0.15) is 12.1 Å². The largest absolute Gasteiger partial charge is 0.469 e. The number of hydrogen-bond donors (Lipinski definition) is 0. The van der Waals surface area contributed by atoms with Crippen molar-refractivity contribution in [1.82, 2.24) is 4.98 Å². The molecule has 106 valence electrons. The highest BCUT2D eigenvalue weighted by atomic mass is 35.5. The van der Waals surface area contributed by atoms with Crippen LogP contribution in [0.3, 0.4) is 0 Å². The third kappa shape index (κ3) is 2.69. The summed E-state index contributed by atoms with van der Waals surface area (Å²) in [6.07, 6.45) is 0.845. The van der Waals surface area contributed by atoms with Crippen molar-refractivity contribution in [1.29, 1.82) is 0 Å². The molecule has 3 nitrogen and oxygen atoms in total. The number of nitrogens with zero attached hydrogens (tertiary/aromatic N) is 1. The second-order valence-corrected chi connectivity index (χ2v) is 5.28. The first-order valence-electron chi connectivity index (χ1n) is 6.73. The number of hydrogen-bond acceptors (Lipinski definition) is 3. The van der Waals surface area contributed by atoms with Crippen molar-refractivity contribution in [2.24, 2.45) is 0 Å². The minimum atomic E-state index is -0.236. The van der Waals surface area contributed by atoms with Crippen LogP contribution in [-0.2, 0) is 16.0 Å². The molecule has 2 aromatic carbocycles. The lowest BCUT2D eigenvalue weighted by molar-refractivity contribution is -0.140. The Balaban J connectivity index is 2.20. The van der Waals surface area contributed by atoms with E-state index in [2.05, 4.69) is 4.98 Å². The Morgan fingerprint density at radius 3 is 2.76 bits per heavy atom.